The van der Waals surface area contributed by atoms with E-state index in [2.05, 4.69) is 20.6 Å². The number of piperidine rings is 1. The number of hydrogen-bond donors (Lipinski definition) is 2. The van der Waals surface area contributed by atoms with Gasteiger partial charge in [0.05, 0.1) is 11.4 Å². The van der Waals surface area contributed by atoms with Gasteiger partial charge in [0, 0.05) is 32.5 Å². The summed E-state index contributed by atoms with van der Waals surface area (Å²) in [5.74, 6) is 0.225. The molecule has 0 aliphatic carbocycles. The van der Waals surface area contributed by atoms with E-state index < -0.39 is 0 Å². The largest absolute Gasteiger partial charge is 0.355 e. The van der Waals surface area contributed by atoms with Gasteiger partial charge in [-0.1, -0.05) is 30.3 Å². The van der Waals surface area contributed by atoms with Crippen molar-refractivity contribution in [3.8, 4) is 5.69 Å². The van der Waals surface area contributed by atoms with E-state index in [1.54, 1.807) is 12.1 Å². The Kier molecular flexibility index (Phi) is 6.72. The van der Waals surface area contributed by atoms with Gasteiger partial charge in [0.1, 0.15) is 11.5 Å². The van der Waals surface area contributed by atoms with Crippen LogP contribution in [0.1, 0.15) is 31.0 Å². The number of anilines is 2. The number of aryl methyl sites for hydroxylation is 1. The first-order chi connectivity index (χ1) is 15.9. The zero-order valence-corrected chi connectivity index (χ0v) is 18.8. The Morgan fingerprint density at radius 2 is 1.82 bits per heavy atom. The third kappa shape index (κ3) is 5.22. The Bertz CT molecular complexity index is 1140. The van der Waals surface area contributed by atoms with Gasteiger partial charge in [-0.2, -0.15) is 5.10 Å². The molecule has 1 aliphatic heterocycles. The molecule has 0 radical (unpaired) electrons. The second-order valence-corrected chi connectivity index (χ2v) is 8.32. The van der Waals surface area contributed by atoms with Crippen molar-refractivity contribution in [1.82, 2.24) is 15.1 Å². The maximum Gasteiger partial charge on any atom is 0.223 e. The maximum atomic E-state index is 13.4. The SMILES string of the molecule is CC(=O)Nc1c(C)nn(-c2ccccc2)c1N1CCC(C(=O)NCc2cccc(F)c2)CC1. The van der Waals surface area contributed by atoms with E-state index in [-0.39, 0.29) is 23.5 Å². The highest BCUT2D eigenvalue weighted by Gasteiger charge is 2.29. The Hall–Kier alpha value is -3.68. The average molecular weight is 450 g/mol. The number of nitrogens with zero attached hydrogens (tertiary/aromatic N) is 3. The van der Waals surface area contributed by atoms with E-state index in [4.69, 9.17) is 0 Å². The van der Waals surface area contributed by atoms with Crippen molar-refractivity contribution in [3.63, 3.8) is 0 Å². The van der Waals surface area contributed by atoms with E-state index in [9.17, 15) is 14.0 Å². The number of halogens is 1. The van der Waals surface area contributed by atoms with E-state index in [1.807, 2.05) is 41.9 Å². The zero-order chi connectivity index (χ0) is 23.4. The highest BCUT2D eigenvalue weighted by molar-refractivity contribution is 5.93. The lowest BCUT2D eigenvalue weighted by Crippen LogP contribution is -2.41. The van der Waals surface area contributed by atoms with Crippen molar-refractivity contribution in [2.45, 2.75) is 33.2 Å². The minimum absolute atomic E-state index is 0.0197. The Labute approximate surface area is 192 Å². The minimum atomic E-state index is -0.310. The van der Waals surface area contributed by atoms with Crippen LogP contribution in [0.5, 0.6) is 0 Å². The van der Waals surface area contributed by atoms with Crippen molar-refractivity contribution < 1.29 is 14.0 Å². The number of carbonyl (C=O) groups excluding carboxylic acids is 2. The van der Waals surface area contributed by atoms with Gasteiger partial charge in [-0.3, -0.25) is 9.59 Å². The van der Waals surface area contributed by atoms with Gasteiger partial charge in [-0.25, -0.2) is 9.07 Å². The van der Waals surface area contributed by atoms with Crippen molar-refractivity contribution in [1.29, 1.82) is 0 Å². The number of para-hydroxylation sites is 1. The maximum absolute atomic E-state index is 13.4. The van der Waals surface area contributed by atoms with Gasteiger partial charge >= 0.3 is 0 Å². The van der Waals surface area contributed by atoms with Crippen molar-refractivity contribution >= 4 is 23.3 Å². The topological polar surface area (TPSA) is 79.3 Å². The summed E-state index contributed by atoms with van der Waals surface area (Å²) >= 11 is 0. The number of rotatable bonds is 6. The van der Waals surface area contributed by atoms with E-state index in [0.29, 0.717) is 38.2 Å². The molecule has 7 nitrogen and oxygen atoms in total. The lowest BCUT2D eigenvalue weighted by molar-refractivity contribution is -0.125. The number of aromatic nitrogens is 2. The van der Waals surface area contributed by atoms with E-state index in [1.165, 1.54) is 19.1 Å². The molecule has 0 bridgehead atoms. The third-order valence-corrected chi connectivity index (χ3v) is 5.86. The summed E-state index contributed by atoms with van der Waals surface area (Å²) in [6.07, 6.45) is 1.35. The van der Waals surface area contributed by atoms with Gasteiger partial charge in [0.15, 0.2) is 5.82 Å². The molecule has 8 heteroatoms. The zero-order valence-electron chi connectivity index (χ0n) is 18.8. The Balaban J connectivity index is 1.47. The number of nitrogens with one attached hydrogen (secondary N) is 2. The van der Waals surface area contributed by atoms with Crippen LogP contribution in [-0.4, -0.2) is 34.7 Å². The smallest absolute Gasteiger partial charge is 0.223 e. The van der Waals surface area contributed by atoms with Gasteiger partial charge < -0.3 is 15.5 Å². The molecule has 172 valence electrons. The Morgan fingerprint density at radius 3 is 2.48 bits per heavy atom. The molecule has 0 unspecified atom stereocenters. The molecule has 1 saturated heterocycles. The second-order valence-electron chi connectivity index (χ2n) is 8.32. The van der Waals surface area contributed by atoms with Gasteiger partial charge in [-0.05, 0) is 49.6 Å². The summed E-state index contributed by atoms with van der Waals surface area (Å²) in [7, 11) is 0. The first-order valence-corrected chi connectivity index (χ1v) is 11.1. The summed E-state index contributed by atoms with van der Waals surface area (Å²) < 4.78 is 15.2. The fourth-order valence-corrected chi connectivity index (χ4v) is 4.21. The minimum Gasteiger partial charge on any atom is -0.355 e. The third-order valence-electron chi connectivity index (χ3n) is 5.86. The molecule has 2 heterocycles. The number of carbonyl (C=O) groups is 2. The molecule has 2 N–H and O–H groups in total. The fraction of sp³-hybridized carbons (Fsp3) is 0.320. The molecule has 2 amide bonds. The molecule has 4 rings (SSSR count). The predicted octanol–water partition coefficient (Wildman–Crippen LogP) is 3.81. The van der Waals surface area contributed by atoms with Crippen molar-refractivity contribution in [2.75, 3.05) is 23.3 Å². The van der Waals surface area contributed by atoms with Crippen LogP contribution < -0.4 is 15.5 Å². The predicted molar refractivity (Wildman–Crippen MR) is 126 cm³/mol. The monoisotopic (exact) mass is 449 g/mol. The van der Waals surface area contributed by atoms with Crippen molar-refractivity contribution in [2.24, 2.45) is 5.92 Å². The Morgan fingerprint density at radius 1 is 1.09 bits per heavy atom. The first kappa shape index (κ1) is 22.5. The quantitative estimate of drug-likeness (QED) is 0.600. The molecule has 1 fully saturated rings. The molecule has 0 saturated carbocycles. The molecule has 1 aromatic heterocycles. The summed E-state index contributed by atoms with van der Waals surface area (Å²) in [6.45, 7) is 4.98. The van der Waals surface area contributed by atoms with E-state index >= 15 is 0 Å². The number of amides is 2. The van der Waals surface area contributed by atoms with Crippen LogP contribution >= 0.6 is 0 Å². The lowest BCUT2D eigenvalue weighted by atomic mass is 9.95. The number of benzene rings is 2. The lowest BCUT2D eigenvalue weighted by Gasteiger charge is -2.33. The fourth-order valence-electron chi connectivity index (χ4n) is 4.21. The van der Waals surface area contributed by atoms with Gasteiger partial charge in [0.25, 0.3) is 0 Å². The van der Waals surface area contributed by atoms with Crippen LogP contribution in [0.3, 0.4) is 0 Å². The molecule has 33 heavy (non-hydrogen) atoms. The first-order valence-electron chi connectivity index (χ1n) is 11.1. The highest BCUT2D eigenvalue weighted by atomic mass is 19.1. The van der Waals surface area contributed by atoms with Crippen LogP contribution in [0.15, 0.2) is 54.6 Å². The van der Waals surface area contributed by atoms with Crippen LogP contribution in [0.25, 0.3) is 5.69 Å². The summed E-state index contributed by atoms with van der Waals surface area (Å²) in [6, 6.07) is 16.0. The second kappa shape index (κ2) is 9.85. The molecular weight excluding hydrogens is 421 g/mol. The summed E-state index contributed by atoms with van der Waals surface area (Å²) in [4.78, 5) is 26.7. The molecule has 0 atom stereocenters. The van der Waals surface area contributed by atoms with Crippen LogP contribution in [0.4, 0.5) is 15.9 Å². The van der Waals surface area contributed by atoms with Crippen LogP contribution in [0, 0.1) is 18.7 Å². The molecular formula is C25H28FN5O2. The van der Waals surface area contributed by atoms with Gasteiger partial charge in [0.2, 0.25) is 11.8 Å². The summed E-state index contributed by atoms with van der Waals surface area (Å²) in [5.41, 5.74) is 3.07. The molecule has 1 aliphatic rings. The normalized spacial score (nSPS) is 14.2. The molecule has 3 aromatic rings. The standard InChI is InChI=1S/C25H28FN5O2/c1-17-23(28-18(2)32)25(31(29-17)22-9-4-3-5-10-22)30-13-11-20(12-14-30)24(33)27-16-19-7-6-8-21(26)15-19/h3-10,15,20H,11-14,16H2,1-2H3,(H,27,33)(H,28,32). The van der Waals surface area contributed by atoms with Crippen molar-refractivity contribution in [3.05, 3.63) is 71.7 Å². The highest BCUT2D eigenvalue weighted by Crippen LogP contribution is 2.34. The van der Waals surface area contributed by atoms with Crippen LogP contribution in [0.2, 0.25) is 0 Å². The van der Waals surface area contributed by atoms with E-state index in [0.717, 1.165) is 22.8 Å². The molecule has 0 spiro atoms. The number of hydrogen-bond acceptors (Lipinski definition) is 4. The van der Waals surface area contributed by atoms with Crippen LogP contribution in [-0.2, 0) is 16.1 Å². The summed E-state index contributed by atoms with van der Waals surface area (Å²) in [5, 5.41) is 10.5. The average Bonchev–Trinajstić information content (AvgIpc) is 3.13. The molecule has 2 aromatic carbocycles. The van der Waals surface area contributed by atoms with Gasteiger partial charge in [-0.15, -0.1) is 0 Å².